The second kappa shape index (κ2) is 7.74. The maximum Gasteiger partial charge on any atom is 0.271 e. The first-order chi connectivity index (χ1) is 13.5. The van der Waals surface area contributed by atoms with Gasteiger partial charge in [-0.1, -0.05) is 0 Å². The zero-order valence-electron chi connectivity index (χ0n) is 14.2. The van der Waals surface area contributed by atoms with Crippen LogP contribution in [0.4, 0.5) is 5.69 Å². The van der Waals surface area contributed by atoms with Crippen molar-refractivity contribution in [1.82, 2.24) is 14.8 Å². The molecule has 4 aromatic rings. The summed E-state index contributed by atoms with van der Waals surface area (Å²) in [4.78, 5) is 0. The molecule has 10 heteroatoms. The van der Waals surface area contributed by atoms with Crippen LogP contribution in [0.25, 0.3) is 5.82 Å². The molecular formula is C18H13BrN4O3S2. The van der Waals surface area contributed by atoms with E-state index in [1.165, 1.54) is 0 Å². The molecule has 0 spiro atoms. The Kier molecular flexibility index (Phi) is 5.16. The zero-order valence-corrected chi connectivity index (χ0v) is 17.4. The van der Waals surface area contributed by atoms with Crippen molar-refractivity contribution in [2.45, 2.75) is 4.21 Å². The Morgan fingerprint density at radius 1 is 0.964 bits per heavy atom. The lowest BCUT2D eigenvalue weighted by Gasteiger charge is -2.08. The maximum absolute atomic E-state index is 12.3. The molecule has 3 aromatic heterocycles. The molecule has 0 unspecified atom stereocenters. The third kappa shape index (κ3) is 4.24. The molecule has 142 valence electrons. The first-order valence-electron chi connectivity index (χ1n) is 8.03. The maximum atomic E-state index is 12.3. The van der Waals surface area contributed by atoms with Crippen molar-refractivity contribution in [2.75, 3.05) is 4.72 Å². The fourth-order valence-electron chi connectivity index (χ4n) is 2.35. The fourth-order valence-corrected chi connectivity index (χ4v) is 5.42. The molecular weight excluding hydrogens is 464 g/mol. The van der Waals surface area contributed by atoms with Crippen LogP contribution in [0.2, 0.25) is 0 Å². The van der Waals surface area contributed by atoms with E-state index in [-0.39, 0.29) is 4.21 Å². The van der Waals surface area contributed by atoms with E-state index >= 15 is 0 Å². The second-order valence-corrected chi connectivity index (χ2v) is 9.98. The van der Waals surface area contributed by atoms with Crippen molar-refractivity contribution < 1.29 is 13.2 Å². The van der Waals surface area contributed by atoms with Gasteiger partial charge in [-0.2, -0.15) is 0 Å². The number of benzene rings is 1. The van der Waals surface area contributed by atoms with E-state index in [2.05, 4.69) is 30.8 Å². The molecule has 0 aliphatic heterocycles. The third-order valence-electron chi connectivity index (χ3n) is 3.64. The minimum absolute atomic E-state index is 0.234. The quantitative estimate of drug-likeness (QED) is 0.436. The highest BCUT2D eigenvalue weighted by Gasteiger charge is 2.16. The Bertz CT molecular complexity index is 1170. The molecule has 0 atom stereocenters. The summed E-state index contributed by atoms with van der Waals surface area (Å²) < 4.78 is 35.7. The van der Waals surface area contributed by atoms with Gasteiger partial charge in [-0.25, -0.2) is 8.42 Å². The standard InChI is InChI=1S/C18H13BrN4O3S2/c19-15-7-10-18(27-15)28(24,25)22-13-3-5-14(6-4-13)26-17-9-8-16(20-21-17)23-11-1-2-12-23/h1-12,22H. The molecule has 3 heterocycles. The number of rotatable bonds is 6. The monoisotopic (exact) mass is 476 g/mol. The van der Waals surface area contributed by atoms with Gasteiger partial charge in [0.05, 0.1) is 3.79 Å². The van der Waals surface area contributed by atoms with Crippen LogP contribution in [0.15, 0.2) is 81.1 Å². The summed E-state index contributed by atoms with van der Waals surface area (Å²) >= 11 is 4.41. The average molecular weight is 477 g/mol. The first kappa shape index (κ1) is 18.7. The van der Waals surface area contributed by atoms with E-state index in [1.807, 2.05) is 29.1 Å². The molecule has 0 bridgehead atoms. The van der Waals surface area contributed by atoms with E-state index in [0.29, 0.717) is 23.1 Å². The van der Waals surface area contributed by atoms with Crippen molar-refractivity contribution in [3.8, 4) is 17.4 Å². The summed E-state index contributed by atoms with van der Waals surface area (Å²) in [5.74, 6) is 1.54. The predicted octanol–water partition coefficient (Wildman–Crippen LogP) is 4.68. The van der Waals surface area contributed by atoms with Gasteiger partial charge in [-0.3, -0.25) is 4.72 Å². The Balaban J connectivity index is 1.43. The Hall–Kier alpha value is -2.69. The van der Waals surface area contributed by atoms with Gasteiger partial charge in [0.25, 0.3) is 10.0 Å². The number of nitrogens with one attached hydrogen (secondary N) is 1. The van der Waals surface area contributed by atoms with Gasteiger partial charge in [0.15, 0.2) is 5.82 Å². The van der Waals surface area contributed by atoms with E-state index < -0.39 is 10.0 Å². The Morgan fingerprint density at radius 2 is 1.71 bits per heavy atom. The van der Waals surface area contributed by atoms with Crippen LogP contribution in [0, 0.1) is 0 Å². The lowest BCUT2D eigenvalue weighted by molar-refractivity contribution is 0.454. The van der Waals surface area contributed by atoms with Crippen LogP contribution in [0.3, 0.4) is 0 Å². The number of ether oxygens (including phenoxy) is 1. The topological polar surface area (TPSA) is 86.1 Å². The fraction of sp³-hybridized carbons (Fsp3) is 0. The first-order valence-corrected chi connectivity index (χ1v) is 11.1. The van der Waals surface area contributed by atoms with E-state index in [4.69, 9.17) is 4.74 Å². The SMILES string of the molecule is O=S(=O)(Nc1ccc(Oc2ccc(-n3cccc3)nn2)cc1)c1ccc(Br)s1. The number of thiophene rings is 1. The normalized spacial score (nSPS) is 11.3. The van der Waals surface area contributed by atoms with Crippen molar-refractivity contribution >= 4 is 43.0 Å². The molecule has 28 heavy (non-hydrogen) atoms. The molecule has 1 aromatic carbocycles. The van der Waals surface area contributed by atoms with Crippen LogP contribution in [0.1, 0.15) is 0 Å². The summed E-state index contributed by atoms with van der Waals surface area (Å²) in [6.45, 7) is 0. The largest absolute Gasteiger partial charge is 0.438 e. The molecule has 0 aliphatic rings. The number of hydrogen-bond donors (Lipinski definition) is 1. The lowest BCUT2D eigenvalue weighted by Crippen LogP contribution is -2.11. The lowest BCUT2D eigenvalue weighted by atomic mass is 10.3. The number of halogens is 1. The molecule has 0 aliphatic carbocycles. The molecule has 0 fully saturated rings. The molecule has 7 nitrogen and oxygen atoms in total. The molecule has 1 N–H and O–H groups in total. The van der Waals surface area contributed by atoms with Crippen LogP contribution in [-0.4, -0.2) is 23.2 Å². The Labute approximate surface area is 173 Å². The summed E-state index contributed by atoms with van der Waals surface area (Å²) in [5, 5.41) is 8.16. The number of nitrogens with zero attached hydrogens (tertiary/aromatic N) is 3. The number of anilines is 1. The minimum atomic E-state index is -3.62. The second-order valence-electron chi connectivity index (χ2n) is 5.61. The number of sulfonamides is 1. The van der Waals surface area contributed by atoms with Crippen LogP contribution < -0.4 is 9.46 Å². The summed E-state index contributed by atoms with van der Waals surface area (Å²) in [7, 11) is -3.62. The number of hydrogen-bond acceptors (Lipinski definition) is 6. The smallest absolute Gasteiger partial charge is 0.271 e. The van der Waals surface area contributed by atoms with E-state index in [0.717, 1.165) is 15.1 Å². The molecule has 4 rings (SSSR count). The highest BCUT2D eigenvalue weighted by molar-refractivity contribution is 9.11. The van der Waals surface area contributed by atoms with Gasteiger partial charge in [-0.05, 0) is 70.5 Å². The molecule has 0 saturated carbocycles. The highest BCUT2D eigenvalue weighted by Crippen LogP contribution is 2.28. The van der Waals surface area contributed by atoms with E-state index in [1.54, 1.807) is 48.5 Å². The number of aromatic nitrogens is 3. The third-order valence-corrected chi connectivity index (χ3v) is 7.13. The van der Waals surface area contributed by atoms with Gasteiger partial charge in [0.2, 0.25) is 5.88 Å². The zero-order chi connectivity index (χ0) is 19.6. The molecule has 0 saturated heterocycles. The van der Waals surface area contributed by atoms with Gasteiger partial charge >= 0.3 is 0 Å². The molecule has 0 radical (unpaired) electrons. The van der Waals surface area contributed by atoms with Gasteiger partial charge < -0.3 is 9.30 Å². The van der Waals surface area contributed by atoms with Gasteiger partial charge in [-0.15, -0.1) is 21.5 Å². The van der Waals surface area contributed by atoms with Crippen LogP contribution in [-0.2, 0) is 10.0 Å². The van der Waals surface area contributed by atoms with Crippen molar-refractivity contribution in [3.05, 3.63) is 76.8 Å². The van der Waals surface area contributed by atoms with Crippen molar-refractivity contribution in [3.63, 3.8) is 0 Å². The average Bonchev–Trinajstić information content (AvgIpc) is 3.36. The van der Waals surface area contributed by atoms with Gasteiger partial charge in [0, 0.05) is 24.1 Å². The summed E-state index contributed by atoms with van der Waals surface area (Å²) in [5.41, 5.74) is 0.436. The summed E-state index contributed by atoms with van der Waals surface area (Å²) in [6, 6.07) is 17.1. The van der Waals surface area contributed by atoms with E-state index in [9.17, 15) is 8.42 Å². The predicted molar refractivity (Wildman–Crippen MR) is 111 cm³/mol. The molecule has 0 amide bonds. The van der Waals surface area contributed by atoms with Crippen LogP contribution >= 0.6 is 27.3 Å². The highest BCUT2D eigenvalue weighted by atomic mass is 79.9. The van der Waals surface area contributed by atoms with Crippen molar-refractivity contribution in [1.29, 1.82) is 0 Å². The van der Waals surface area contributed by atoms with Gasteiger partial charge in [0.1, 0.15) is 9.96 Å². The Morgan fingerprint density at radius 3 is 2.32 bits per heavy atom. The van der Waals surface area contributed by atoms with Crippen molar-refractivity contribution in [2.24, 2.45) is 0 Å². The summed E-state index contributed by atoms with van der Waals surface area (Å²) in [6.07, 6.45) is 3.75. The van der Waals surface area contributed by atoms with Crippen LogP contribution in [0.5, 0.6) is 11.6 Å². The minimum Gasteiger partial charge on any atom is -0.438 e.